The molecule has 2 heteroatoms. The topological polar surface area (TPSA) is 3.24 Å². The summed E-state index contributed by atoms with van der Waals surface area (Å²) < 4.78 is 2.58. The lowest BCUT2D eigenvalue weighted by Crippen LogP contribution is -2.11. The zero-order valence-electron chi connectivity index (χ0n) is 26.3. The van der Waals surface area contributed by atoms with Gasteiger partial charge in [-0.2, -0.15) is 0 Å². The van der Waals surface area contributed by atoms with Crippen LogP contribution < -0.4 is 4.90 Å². The highest BCUT2D eigenvalue weighted by atomic mass is 32.1. The van der Waals surface area contributed by atoms with Crippen LogP contribution in [-0.4, -0.2) is 0 Å². The Hall–Kier alpha value is -5.96. The Labute approximate surface area is 284 Å². The lowest BCUT2D eigenvalue weighted by atomic mass is 9.93. The molecule has 8 aromatic carbocycles. The average molecular weight is 630 g/mol. The molecule has 0 aliphatic rings. The molecule has 0 radical (unpaired) electrons. The van der Waals surface area contributed by atoms with E-state index in [0.717, 1.165) is 11.4 Å². The van der Waals surface area contributed by atoms with Crippen molar-refractivity contribution < 1.29 is 0 Å². The first-order chi connectivity index (χ1) is 23.8. The van der Waals surface area contributed by atoms with Crippen LogP contribution in [0.5, 0.6) is 0 Å². The first kappa shape index (κ1) is 28.3. The molecule has 1 nitrogen and oxygen atoms in total. The maximum absolute atomic E-state index is 2.48. The first-order valence-corrected chi connectivity index (χ1v) is 17.2. The second-order valence-electron chi connectivity index (χ2n) is 12.1. The summed E-state index contributed by atoms with van der Waals surface area (Å²) in [6.07, 6.45) is 0. The lowest BCUT2D eigenvalue weighted by Gasteiger charge is -2.29. The van der Waals surface area contributed by atoms with E-state index >= 15 is 0 Å². The molecule has 0 unspecified atom stereocenters. The van der Waals surface area contributed by atoms with Crippen molar-refractivity contribution in [3.05, 3.63) is 188 Å². The van der Waals surface area contributed by atoms with E-state index in [9.17, 15) is 0 Å². The summed E-state index contributed by atoms with van der Waals surface area (Å²) in [5.41, 5.74) is 10.6. The van der Waals surface area contributed by atoms with Crippen LogP contribution in [0.4, 0.5) is 17.1 Å². The van der Waals surface area contributed by atoms with Gasteiger partial charge < -0.3 is 4.90 Å². The maximum atomic E-state index is 2.48. The molecule has 0 bridgehead atoms. The van der Waals surface area contributed by atoms with Gasteiger partial charge in [0.25, 0.3) is 0 Å². The molecule has 0 aliphatic heterocycles. The van der Waals surface area contributed by atoms with Gasteiger partial charge in [0.15, 0.2) is 0 Å². The van der Waals surface area contributed by atoms with E-state index in [1.54, 1.807) is 0 Å². The number of hydrogen-bond acceptors (Lipinski definition) is 2. The molecule has 48 heavy (non-hydrogen) atoms. The quantitative estimate of drug-likeness (QED) is 0.177. The summed E-state index contributed by atoms with van der Waals surface area (Å²) in [6, 6.07) is 68.2. The van der Waals surface area contributed by atoms with Gasteiger partial charge in [0.05, 0.1) is 16.1 Å². The third-order valence-electron chi connectivity index (χ3n) is 9.26. The fraction of sp³-hybridized carbons (Fsp3) is 0. The third-order valence-corrected chi connectivity index (χ3v) is 10.5. The van der Waals surface area contributed by atoms with E-state index in [1.807, 2.05) is 11.3 Å². The molecule has 9 rings (SSSR count). The molecule has 0 saturated carbocycles. The molecule has 0 fully saturated rings. The number of thiophene rings is 1. The largest absolute Gasteiger partial charge is 0.308 e. The molecule has 1 aromatic heterocycles. The van der Waals surface area contributed by atoms with Crippen molar-refractivity contribution in [3.8, 4) is 33.4 Å². The van der Waals surface area contributed by atoms with Gasteiger partial charge >= 0.3 is 0 Å². The third kappa shape index (κ3) is 4.95. The number of nitrogens with zero attached hydrogens (tertiary/aromatic N) is 1. The molecule has 0 aliphatic carbocycles. The molecule has 226 valence electrons. The predicted octanol–water partition coefficient (Wildman–Crippen LogP) is 13.7. The molecular weight excluding hydrogens is 599 g/mol. The van der Waals surface area contributed by atoms with Crippen LogP contribution in [0.3, 0.4) is 0 Å². The van der Waals surface area contributed by atoms with E-state index in [0.29, 0.717) is 0 Å². The molecule has 0 amide bonds. The van der Waals surface area contributed by atoms with Crippen LogP contribution in [0.1, 0.15) is 0 Å². The van der Waals surface area contributed by atoms with Crippen LogP contribution in [0, 0.1) is 0 Å². The second-order valence-corrected chi connectivity index (χ2v) is 13.2. The molecule has 1 heterocycles. The Kier molecular flexibility index (Phi) is 7.07. The number of rotatable bonds is 6. The van der Waals surface area contributed by atoms with Crippen LogP contribution >= 0.6 is 11.3 Å². The van der Waals surface area contributed by atoms with Gasteiger partial charge in [-0.1, -0.05) is 152 Å². The smallest absolute Gasteiger partial charge is 0.0640 e. The minimum atomic E-state index is 1.12. The van der Waals surface area contributed by atoms with Crippen molar-refractivity contribution in [2.45, 2.75) is 0 Å². The Morgan fingerprint density at radius 3 is 1.83 bits per heavy atom. The summed E-state index contributed by atoms with van der Waals surface area (Å²) in [7, 11) is 0. The lowest BCUT2D eigenvalue weighted by molar-refractivity contribution is 1.30. The van der Waals surface area contributed by atoms with Gasteiger partial charge in [0.1, 0.15) is 0 Å². The summed E-state index contributed by atoms with van der Waals surface area (Å²) in [6.45, 7) is 0. The van der Waals surface area contributed by atoms with Crippen molar-refractivity contribution in [1.82, 2.24) is 0 Å². The number of anilines is 3. The van der Waals surface area contributed by atoms with Gasteiger partial charge in [-0.15, -0.1) is 11.3 Å². The first-order valence-electron chi connectivity index (χ1n) is 16.4. The minimum absolute atomic E-state index is 1.12. The summed E-state index contributed by atoms with van der Waals surface area (Å²) >= 11 is 1.87. The van der Waals surface area contributed by atoms with E-state index < -0.39 is 0 Å². The van der Waals surface area contributed by atoms with E-state index in [1.165, 1.54) is 70.0 Å². The predicted molar refractivity (Wildman–Crippen MR) is 208 cm³/mol. The number of benzene rings is 8. The van der Waals surface area contributed by atoms with Crippen LogP contribution in [0.15, 0.2) is 188 Å². The highest BCUT2D eigenvalue weighted by Gasteiger charge is 2.22. The molecule has 9 aromatic rings. The van der Waals surface area contributed by atoms with Crippen LogP contribution in [0.25, 0.3) is 64.3 Å². The Bertz CT molecular complexity index is 2560. The van der Waals surface area contributed by atoms with Crippen molar-refractivity contribution in [1.29, 1.82) is 0 Å². The second kappa shape index (κ2) is 12.0. The van der Waals surface area contributed by atoms with Crippen molar-refractivity contribution in [2.24, 2.45) is 0 Å². The Morgan fingerprint density at radius 2 is 1.00 bits per heavy atom. The van der Waals surface area contributed by atoms with E-state index in [2.05, 4.69) is 193 Å². The Balaban J connectivity index is 1.33. The fourth-order valence-corrected chi connectivity index (χ4v) is 8.19. The fourth-order valence-electron chi connectivity index (χ4n) is 6.98. The zero-order valence-corrected chi connectivity index (χ0v) is 27.1. The highest BCUT2D eigenvalue weighted by Crippen LogP contribution is 2.48. The average Bonchev–Trinajstić information content (AvgIpc) is 3.55. The van der Waals surface area contributed by atoms with E-state index in [4.69, 9.17) is 0 Å². The standard InChI is InChI=1S/C46H31NS/c1-3-15-33(16-4-1)38-29-28-37(31-42(38)34-17-5-2-6-18-34)47(44-24-13-22-41-40-21-10-12-25-45(40)48-46(41)44)43-23-11-9-20-39(43)36-27-26-32-14-7-8-19-35(32)30-36/h1-31H. The molecule has 0 atom stereocenters. The van der Waals surface area contributed by atoms with Gasteiger partial charge in [-0.05, 0) is 75.0 Å². The summed E-state index contributed by atoms with van der Waals surface area (Å²) in [5, 5.41) is 5.06. The normalized spacial score (nSPS) is 11.3. The summed E-state index contributed by atoms with van der Waals surface area (Å²) in [5.74, 6) is 0. The molecule has 0 saturated heterocycles. The van der Waals surface area contributed by atoms with E-state index in [-0.39, 0.29) is 0 Å². The maximum Gasteiger partial charge on any atom is 0.0640 e. The zero-order chi connectivity index (χ0) is 31.9. The number of fused-ring (bicyclic) bond motifs is 4. The van der Waals surface area contributed by atoms with Crippen molar-refractivity contribution in [3.63, 3.8) is 0 Å². The number of hydrogen-bond donors (Lipinski definition) is 0. The van der Waals surface area contributed by atoms with Gasteiger partial charge in [0.2, 0.25) is 0 Å². The monoisotopic (exact) mass is 629 g/mol. The van der Waals surface area contributed by atoms with Gasteiger partial charge in [0, 0.05) is 26.7 Å². The Morgan fingerprint density at radius 1 is 0.354 bits per heavy atom. The number of para-hydroxylation sites is 1. The van der Waals surface area contributed by atoms with Crippen LogP contribution in [-0.2, 0) is 0 Å². The van der Waals surface area contributed by atoms with Crippen molar-refractivity contribution in [2.75, 3.05) is 4.90 Å². The molecular formula is C46H31NS. The van der Waals surface area contributed by atoms with Crippen molar-refractivity contribution >= 4 is 59.3 Å². The molecule has 0 N–H and O–H groups in total. The minimum Gasteiger partial charge on any atom is -0.308 e. The SMILES string of the molecule is c1ccc(-c2ccc(N(c3ccccc3-c3ccc4ccccc4c3)c3cccc4c3sc3ccccc34)cc2-c2ccccc2)cc1. The van der Waals surface area contributed by atoms with Gasteiger partial charge in [-0.25, -0.2) is 0 Å². The van der Waals surface area contributed by atoms with Gasteiger partial charge in [-0.3, -0.25) is 0 Å². The highest BCUT2D eigenvalue weighted by molar-refractivity contribution is 7.26. The summed E-state index contributed by atoms with van der Waals surface area (Å²) in [4.78, 5) is 2.48. The molecule has 0 spiro atoms. The van der Waals surface area contributed by atoms with Crippen LogP contribution in [0.2, 0.25) is 0 Å².